The van der Waals surface area contributed by atoms with E-state index in [9.17, 15) is 9.59 Å². The first-order valence-electron chi connectivity index (χ1n) is 5.03. The molecule has 6 nitrogen and oxygen atoms in total. The van der Waals surface area contributed by atoms with Crippen LogP contribution in [-0.4, -0.2) is 25.1 Å². The van der Waals surface area contributed by atoms with Gasteiger partial charge in [-0.2, -0.15) is 0 Å². The number of benzene rings is 1. The van der Waals surface area contributed by atoms with E-state index >= 15 is 0 Å². The number of ether oxygens (including phenoxy) is 2. The number of carbonyl (C=O) groups excluding carboxylic acids is 2. The fraction of sp³-hybridized carbons (Fsp3) is 0.273. The molecular formula is C11H14N2O4. The van der Waals surface area contributed by atoms with Crippen LogP contribution in [0.5, 0.6) is 5.75 Å². The van der Waals surface area contributed by atoms with Gasteiger partial charge in [0.15, 0.2) is 12.4 Å². The van der Waals surface area contributed by atoms with Crippen LogP contribution in [-0.2, 0) is 9.53 Å². The molecule has 17 heavy (non-hydrogen) atoms. The zero-order valence-electron chi connectivity index (χ0n) is 9.43. The summed E-state index contributed by atoms with van der Waals surface area (Å²) in [6, 6.07) is 4.71. The van der Waals surface area contributed by atoms with Gasteiger partial charge in [0.1, 0.15) is 5.56 Å². The van der Waals surface area contributed by atoms with E-state index in [1.807, 2.05) is 0 Å². The molecule has 1 aromatic carbocycles. The molecule has 0 aliphatic rings. The van der Waals surface area contributed by atoms with Crippen LogP contribution in [0, 0.1) is 0 Å². The summed E-state index contributed by atoms with van der Waals surface area (Å²) in [4.78, 5) is 22.1. The molecule has 0 radical (unpaired) electrons. The highest BCUT2D eigenvalue weighted by molar-refractivity contribution is 5.95. The number of carbonyl (C=O) groups is 2. The summed E-state index contributed by atoms with van der Waals surface area (Å²) in [6.45, 7) is 1.66. The second kappa shape index (κ2) is 5.74. The Balaban J connectivity index is 2.92. The highest BCUT2D eigenvalue weighted by Gasteiger charge is 2.16. The van der Waals surface area contributed by atoms with Crippen molar-refractivity contribution in [2.75, 3.05) is 18.9 Å². The molecule has 0 fully saturated rings. The first kappa shape index (κ1) is 12.8. The van der Waals surface area contributed by atoms with Crippen molar-refractivity contribution in [1.82, 2.24) is 0 Å². The summed E-state index contributed by atoms with van der Waals surface area (Å²) < 4.78 is 9.94. The summed E-state index contributed by atoms with van der Waals surface area (Å²) >= 11 is 0. The zero-order chi connectivity index (χ0) is 12.8. The summed E-state index contributed by atoms with van der Waals surface area (Å²) in [6.07, 6.45) is 0. The second-order valence-corrected chi connectivity index (χ2v) is 3.20. The number of amides is 1. The largest absolute Gasteiger partial charge is 0.491 e. The highest BCUT2D eigenvalue weighted by atomic mass is 16.5. The molecular weight excluding hydrogens is 224 g/mol. The van der Waals surface area contributed by atoms with Crippen LogP contribution in [0.2, 0.25) is 0 Å². The van der Waals surface area contributed by atoms with Gasteiger partial charge in [-0.25, -0.2) is 4.79 Å². The van der Waals surface area contributed by atoms with Gasteiger partial charge in [0.05, 0.1) is 12.3 Å². The molecule has 0 atom stereocenters. The number of nitrogens with two attached hydrogens (primary N) is 2. The van der Waals surface area contributed by atoms with Crippen molar-refractivity contribution in [1.29, 1.82) is 0 Å². The number of nitrogen functional groups attached to an aromatic ring is 1. The van der Waals surface area contributed by atoms with E-state index in [1.165, 1.54) is 6.07 Å². The van der Waals surface area contributed by atoms with Crippen molar-refractivity contribution in [3.63, 3.8) is 0 Å². The molecule has 92 valence electrons. The standard InChI is InChI=1S/C11H14N2O4/c1-2-16-10-7(4-3-5-8(10)12)11(15)17-6-9(13)14/h3-5H,2,6,12H2,1H3,(H2,13,14). The van der Waals surface area contributed by atoms with E-state index in [0.29, 0.717) is 12.3 Å². The lowest BCUT2D eigenvalue weighted by molar-refractivity contribution is -0.121. The molecule has 1 aromatic rings. The van der Waals surface area contributed by atoms with Crippen LogP contribution in [0.3, 0.4) is 0 Å². The van der Waals surface area contributed by atoms with Gasteiger partial charge in [-0.05, 0) is 19.1 Å². The minimum atomic E-state index is -0.722. The van der Waals surface area contributed by atoms with Gasteiger partial charge < -0.3 is 20.9 Å². The monoisotopic (exact) mass is 238 g/mol. The lowest BCUT2D eigenvalue weighted by Gasteiger charge is -2.11. The van der Waals surface area contributed by atoms with Crippen LogP contribution < -0.4 is 16.2 Å². The Kier molecular flexibility index (Phi) is 4.33. The van der Waals surface area contributed by atoms with Crippen molar-refractivity contribution in [3.05, 3.63) is 23.8 Å². The molecule has 1 amide bonds. The van der Waals surface area contributed by atoms with Crippen molar-refractivity contribution in [2.24, 2.45) is 5.73 Å². The lowest BCUT2D eigenvalue weighted by atomic mass is 10.2. The van der Waals surface area contributed by atoms with Gasteiger partial charge in [-0.1, -0.05) is 6.07 Å². The maximum absolute atomic E-state index is 11.6. The first-order valence-corrected chi connectivity index (χ1v) is 5.03. The van der Waals surface area contributed by atoms with Crippen molar-refractivity contribution in [2.45, 2.75) is 6.92 Å². The molecule has 0 spiro atoms. The SMILES string of the molecule is CCOc1c(N)cccc1C(=O)OCC(N)=O. The number of anilines is 1. The average molecular weight is 238 g/mol. The molecule has 0 aliphatic carbocycles. The van der Waals surface area contributed by atoms with Crippen molar-refractivity contribution >= 4 is 17.6 Å². The summed E-state index contributed by atoms with van der Waals surface area (Å²) in [5, 5.41) is 0. The Morgan fingerprint density at radius 2 is 2.06 bits per heavy atom. The maximum atomic E-state index is 11.6. The van der Waals surface area contributed by atoms with Crippen LogP contribution in [0.1, 0.15) is 17.3 Å². The minimum absolute atomic E-state index is 0.174. The van der Waals surface area contributed by atoms with Crippen LogP contribution in [0.25, 0.3) is 0 Å². The third-order valence-corrected chi connectivity index (χ3v) is 1.90. The van der Waals surface area contributed by atoms with Crippen molar-refractivity contribution < 1.29 is 19.1 Å². The summed E-state index contributed by atoms with van der Waals surface area (Å²) in [5.74, 6) is -1.16. The second-order valence-electron chi connectivity index (χ2n) is 3.20. The Labute approximate surface area is 98.5 Å². The lowest BCUT2D eigenvalue weighted by Crippen LogP contribution is -2.21. The molecule has 0 bridgehead atoms. The molecule has 0 saturated carbocycles. The minimum Gasteiger partial charge on any atom is -0.491 e. The average Bonchev–Trinajstić information content (AvgIpc) is 2.29. The van der Waals surface area contributed by atoms with E-state index in [-0.39, 0.29) is 11.3 Å². The Morgan fingerprint density at radius 3 is 2.65 bits per heavy atom. The fourth-order valence-electron chi connectivity index (χ4n) is 1.24. The zero-order valence-corrected chi connectivity index (χ0v) is 9.43. The number of para-hydroxylation sites is 1. The van der Waals surface area contributed by atoms with Crippen LogP contribution in [0.4, 0.5) is 5.69 Å². The Morgan fingerprint density at radius 1 is 1.35 bits per heavy atom. The molecule has 1 rings (SSSR count). The first-order chi connectivity index (χ1) is 8.06. The predicted molar refractivity (Wildman–Crippen MR) is 61.5 cm³/mol. The summed E-state index contributed by atoms with van der Waals surface area (Å²) in [5.41, 5.74) is 11.1. The normalized spacial score (nSPS) is 9.71. The molecule has 0 saturated heterocycles. The van der Waals surface area contributed by atoms with Crippen LogP contribution >= 0.6 is 0 Å². The van der Waals surface area contributed by atoms with Gasteiger partial charge in [0, 0.05) is 0 Å². The molecule has 0 heterocycles. The number of esters is 1. The number of hydrogen-bond acceptors (Lipinski definition) is 5. The third-order valence-electron chi connectivity index (χ3n) is 1.90. The van der Waals surface area contributed by atoms with Gasteiger partial charge in [0.2, 0.25) is 0 Å². The third kappa shape index (κ3) is 3.37. The maximum Gasteiger partial charge on any atom is 0.342 e. The molecule has 0 aliphatic heterocycles. The smallest absolute Gasteiger partial charge is 0.342 e. The molecule has 0 aromatic heterocycles. The van der Waals surface area contributed by atoms with E-state index in [0.717, 1.165) is 0 Å². The topological polar surface area (TPSA) is 105 Å². The highest BCUT2D eigenvalue weighted by Crippen LogP contribution is 2.26. The van der Waals surface area contributed by atoms with Crippen LogP contribution in [0.15, 0.2) is 18.2 Å². The van der Waals surface area contributed by atoms with Gasteiger partial charge >= 0.3 is 5.97 Å². The number of primary amides is 1. The van der Waals surface area contributed by atoms with E-state index in [1.54, 1.807) is 19.1 Å². The van der Waals surface area contributed by atoms with Gasteiger partial charge in [0.25, 0.3) is 5.91 Å². The van der Waals surface area contributed by atoms with E-state index in [2.05, 4.69) is 4.74 Å². The predicted octanol–water partition coefficient (Wildman–Crippen LogP) is 0.310. The van der Waals surface area contributed by atoms with Gasteiger partial charge in [-0.3, -0.25) is 4.79 Å². The van der Waals surface area contributed by atoms with Gasteiger partial charge in [-0.15, -0.1) is 0 Å². The van der Waals surface area contributed by atoms with Crippen molar-refractivity contribution in [3.8, 4) is 5.75 Å². The Bertz CT molecular complexity index is 431. The summed E-state index contributed by atoms with van der Waals surface area (Å²) in [7, 11) is 0. The quantitative estimate of drug-likeness (QED) is 0.567. The molecule has 0 unspecified atom stereocenters. The molecule has 6 heteroatoms. The molecule has 4 N–H and O–H groups in total. The van der Waals surface area contributed by atoms with E-state index in [4.69, 9.17) is 16.2 Å². The Hall–Kier alpha value is -2.24. The van der Waals surface area contributed by atoms with E-state index < -0.39 is 18.5 Å². The fourth-order valence-corrected chi connectivity index (χ4v) is 1.24. The number of hydrogen-bond donors (Lipinski definition) is 2. The number of rotatable bonds is 5.